The van der Waals surface area contributed by atoms with Crippen LogP contribution in [0.5, 0.6) is 0 Å². The average Bonchev–Trinajstić information content (AvgIpc) is 2.97. The van der Waals surface area contributed by atoms with Crippen LogP contribution in [0, 0.1) is 11.7 Å². The number of hydrogen-bond acceptors (Lipinski definition) is 4. The maximum Gasteiger partial charge on any atom is 0.230 e. The molecule has 4 nitrogen and oxygen atoms in total. The molecule has 0 amide bonds. The maximum atomic E-state index is 13.1. The van der Waals surface area contributed by atoms with Crippen LogP contribution in [-0.2, 0) is 0 Å². The number of rotatable bonds is 3. The van der Waals surface area contributed by atoms with E-state index in [1.54, 1.807) is 6.07 Å². The molecule has 21 heavy (non-hydrogen) atoms. The molecule has 3 rings (SSSR count). The Morgan fingerprint density at radius 3 is 2.71 bits per heavy atom. The zero-order valence-electron chi connectivity index (χ0n) is 11.6. The van der Waals surface area contributed by atoms with Gasteiger partial charge in [0.2, 0.25) is 11.7 Å². The molecule has 1 fully saturated rings. The topological polar surface area (TPSA) is 64.9 Å². The molecule has 1 aliphatic rings. The second-order valence-corrected chi connectivity index (χ2v) is 6.39. The Morgan fingerprint density at radius 1 is 1.29 bits per heavy atom. The minimum atomic E-state index is -0.297. The molecule has 2 N–H and O–H groups in total. The number of hydrogen-bond donors (Lipinski definition) is 1. The minimum absolute atomic E-state index is 0.297. The third-order valence-electron chi connectivity index (χ3n) is 4.14. The summed E-state index contributed by atoms with van der Waals surface area (Å²) in [4.78, 5) is 4.48. The summed E-state index contributed by atoms with van der Waals surface area (Å²) in [5.74, 6) is 1.81. The van der Waals surface area contributed by atoms with E-state index in [0.29, 0.717) is 28.0 Å². The lowest BCUT2D eigenvalue weighted by molar-refractivity contribution is 0.275. The van der Waals surface area contributed by atoms with Gasteiger partial charge in [-0.1, -0.05) is 5.16 Å². The van der Waals surface area contributed by atoms with Gasteiger partial charge in [0.1, 0.15) is 5.82 Å². The van der Waals surface area contributed by atoms with Crippen LogP contribution in [0.4, 0.5) is 4.39 Å². The van der Waals surface area contributed by atoms with Gasteiger partial charge in [0.25, 0.3) is 0 Å². The van der Waals surface area contributed by atoms with Gasteiger partial charge in [0.05, 0.1) is 0 Å². The predicted octanol–water partition coefficient (Wildman–Crippen LogP) is 3.87. The maximum absolute atomic E-state index is 13.1. The normalized spacial score (nSPS) is 22.4. The van der Waals surface area contributed by atoms with Gasteiger partial charge >= 0.3 is 0 Å². The Hall–Kier alpha value is -1.27. The van der Waals surface area contributed by atoms with E-state index < -0.39 is 0 Å². The molecule has 1 aliphatic carbocycles. The molecule has 6 heteroatoms. The number of nitrogens with zero attached hydrogens (tertiary/aromatic N) is 2. The molecule has 0 aliphatic heterocycles. The molecule has 1 aromatic heterocycles. The van der Waals surface area contributed by atoms with E-state index >= 15 is 0 Å². The van der Waals surface area contributed by atoms with Crippen molar-refractivity contribution in [1.82, 2.24) is 10.1 Å². The van der Waals surface area contributed by atoms with Crippen LogP contribution in [0.25, 0.3) is 11.4 Å². The first kappa shape index (κ1) is 14.7. The largest absolute Gasteiger partial charge is 0.339 e. The van der Waals surface area contributed by atoms with Crippen LogP contribution in [0.2, 0.25) is 0 Å². The zero-order valence-corrected chi connectivity index (χ0v) is 13.1. The summed E-state index contributed by atoms with van der Waals surface area (Å²) in [5, 5.41) is 4.03. The number of benzene rings is 1. The molecular formula is C15H17BrFN3O. The fourth-order valence-corrected chi connectivity index (χ4v) is 3.35. The molecule has 0 unspecified atom stereocenters. The van der Waals surface area contributed by atoms with Gasteiger partial charge in [0, 0.05) is 16.0 Å². The Kier molecular flexibility index (Phi) is 4.35. The van der Waals surface area contributed by atoms with E-state index in [0.717, 1.165) is 37.8 Å². The fraction of sp³-hybridized carbons (Fsp3) is 0.467. The Bertz CT molecular complexity index is 623. The standard InChI is InChI=1S/C15H17BrFN3O/c16-13-7-11(17)5-6-12(13)14-19-15(21-20-14)10-3-1-9(8-18)2-4-10/h5-7,9-10H,1-4,8,18H2. The van der Waals surface area contributed by atoms with Gasteiger partial charge < -0.3 is 10.3 Å². The summed E-state index contributed by atoms with van der Waals surface area (Å²) in [7, 11) is 0. The third-order valence-corrected chi connectivity index (χ3v) is 4.80. The van der Waals surface area contributed by atoms with Gasteiger partial charge in [-0.05, 0) is 72.3 Å². The van der Waals surface area contributed by atoms with E-state index in [2.05, 4.69) is 26.1 Å². The second kappa shape index (κ2) is 6.23. The van der Waals surface area contributed by atoms with Crippen molar-refractivity contribution in [3.05, 3.63) is 34.4 Å². The van der Waals surface area contributed by atoms with Crippen LogP contribution in [0.15, 0.2) is 27.2 Å². The van der Waals surface area contributed by atoms with Crippen LogP contribution >= 0.6 is 15.9 Å². The van der Waals surface area contributed by atoms with Crippen molar-refractivity contribution in [2.45, 2.75) is 31.6 Å². The molecular weight excluding hydrogens is 337 g/mol. The molecule has 1 aromatic carbocycles. The Balaban J connectivity index is 1.77. The van der Waals surface area contributed by atoms with Gasteiger partial charge in [-0.2, -0.15) is 4.98 Å². The molecule has 1 saturated carbocycles. The van der Waals surface area contributed by atoms with E-state index in [9.17, 15) is 4.39 Å². The van der Waals surface area contributed by atoms with Gasteiger partial charge in [-0.25, -0.2) is 4.39 Å². The monoisotopic (exact) mass is 353 g/mol. The summed E-state index contributed by atoms with van der Waals surface area (Å²) in [6, 6.07) is 4.44. The molecule has 0 spiro atoms. The average molecular weight is 354 g/mol. The highest BCUT2D eigenvalue weighted by Crippen LogP contribution is 2.36. The van der Waals surface area contributed by atoms with Gasteiger partial charge in [-0.15, -0.1) is 0 Å². The molecule has 0 saturated heterocycles. The fourth-order valence-electron chi connectivity index (χ4n) is 2.83. The summed E-state index contributed by atoms with van der Waals surface area (Å²) in [5.41, 5.74) is 6.45. The van der Waals surface area contributed by atoms with Crippen molar-refractivity contribution in [2.24, 2.45) is 11.7 Å². The van der Waals surface area contributed by atoms with Gasteiger partial charge in [-0.3, -0.25) is 0 Å². The predicted molar refractivity (Wildman–Crippen MR) is 81.1 cm³/mol. The van der Waals surface area contributed by atoms with Crippen molar-refractivity contribution >= 4 is 15.9 Å². The summed E-state index contributed by atoms with van der Waals surface area (Å²) < 4.78 is 19.2. The lowest BCUT2D eigenvalue weighted by Gasteiger charge is -2.24. The van der Waals surface area contributed by atoms with Crippen molar-refractivity contribution in [2.75, 3.05) is 6.54 Å². The first-order valence-corrected chi connectivity index (χ1v) is 7.95. The molecule has 0 atom stereocenters. The van der Waals surface area contributed by atoms with Crippen molar-refractivity contribution in [3.8, 4) is 11.4 Å². The first-order valence-electron chi connectivity index (χ1n) is 7.16. The quantitative estimate of drug-likeness (QED) is 0.909. The van der Waals surface area contributed by atoms with Crippen molar-refractivity contribution in [1.29, 1.82) is 0 Å². The van der Waals surface area contributed by atoms with Crippen LogP contribution in [0.1, 0.15) is 37.5 Å². The van der Waals surface area contributed by atoms with Crippen molar-refractivity contribution < 1.29 is 8.91 Å². The SMILES string of the molecule is NCC1CCC(c2nc(-c3ccc(F)cc3Br)no2)CC1. The van der Waals surface area contributed by atoms with Crippen LogP contribution in [-0.4, -0.2) is 16.7 Å². The summed E-state index contributed by atoms with van der Waals surface area (Å²) in [6.07, 6.45) is 4.29. The second-order valence-electron chi connectivity index (χ2n) is 5.53. The lowest BCUT2D eigenvalue weighted by Crippen LogP contribution is -2.20. The Morgan fingerprint density at radius 2 is 2.05 bits per heavy atom. The third kappa shape index (κ3) is 3.16. The summed E-state index contributed by atoms with van der Waals surface area (Å²) >= 11 is 3.33. The molecule has 2 aromatic rings. The molecule has 0 radical (unpaired) electrons. The van der Waals surface area contributed by atoms with E-state index in [1.165, 1.54) is 12.1 Å². The molecule has 1 heterocycles. The Labute approximate surface area is 131 Å². The minimum Gasteiger partial charge on any atom is -0.339 e. The molecule has 0 bridgehead atoms. The zero-order chi connectivity index (χ0) is 14.8. The van der Waals surface area contributed by atoms with Crippen LogP contribution < -0.4 is 5.73 Å². The summed E-state index contributed by atoms with van der Waals surface area (Å²) in [6.45, 7) is 0.754. The highest BCUT2D eigenvalue weighted by molar-refractivity contribution is 9.10. The van der Waals surface area contributed by atoms with Crippen LogP contribution in [0.3, 0.4) is 0 Å². The smallest absolute Gasteiger partial charge is 0.230 e. The van der Waals surface area contributed by atoms with Crippen molar-refractivity contribution in [3.63, 3.8) is 0 Å². The lowest BCUT2D eigenvalue weighted by atomic mass is 9.82. The van der Waals surface area contributed by atoms with E-state index in [-0.39, 0.29) is 5.82 Å². The number of halogens is 2. The van der Waals surface area contributed by atoms with E-state index in [1.807, 2.05) is 0 Å². The number of aromatic nitrogens is 2. The first-order chi connectivity index (χ1) is 10.2. The van der Waals surface area contributed by atoms with Gasteiger partial charge in [0.15, 0.2) is 0 Å². The highest BCUT2D eigenvalue weighted by atomic mass is 79.9. The number of nitrogens with two attached hydrogens (primary N) is 1. The highest BCUT2D eigenvalue weighted by Gasteiger charge is 2.26. The van der Waals surface area contributed by atoms with E-state index in [4.69, 9.17) is 10.3 Å². The molecule has 112 valence electrons.